The molecule has 1 atom stereocenters. The zero-order chi connectivity index (χ0) is 19.8. The van der Waals surface area contributed by atoms with Crippen LogP contribution in [-0.2, 0) is 29.0 Å². The predicted octanol–water partition coefficient (Wildman–Crippen LogP) is 2.99. The molecule has 0 bridgehead atoms. The number of amides is 1. The summed E-state index contributed by atoms with van der Waals surface area (Å²) in [5.74, 6) is -0.0498. The number of hydrogen-bond acceptors (Lipinski definition) is 6. The molecule has 0 fully saturated rings. The van der Waals surface area contributed by atoms with Gasteiger partial charge in [0.2, 0.25) is 5.91 Å². The quantitative estimate of drug-likeness (QED) is 0.516. The maximum atomic E-state index is 12.4. The molecule has 2 heterocycles. The Hall–Kier alpha value is -2.45. The Morgan fingerprint density at radius 1 is 1.21 bits per heavy atom. The van der Waals surface area contributed by atoms with Gasteiger partial charge in [-0.25, -0.2) is 0 Å². The van der Waals surface area contributed by atoms with E-state index in [2.05, 4.69) is 27.0 Å². The molecule has 0 aliphatic rings. The molecule has 1 aromatic carbocycles. The summed E-state index contributed by atoms with van der Waals surface area (Å²) >= 11 is 3.05. The highest BCUT2D eigenvalue weighted by molar-refractivity contribution is 7.99. The van der Waals surface area contributed by atoms with E-state index in [-0.39, 0.29) is 17.4 Å². The average molecular weight is 415 g/mol. The maximum absolute atomic E-state index is 12.4. The van der Waals surface area contributed by atoms with Gasteiger partial charge in [-0.1, -0.05) is 48.2 Å². The molecule has 8 heteroatoms. The fourth-order valence-electron chi connectivity index (χ4n) is 2.71. The van der Waals surface area contributed by atoms with Crippen LogP contribution < -0.4 is 5.32 Å². The highest BCUT2D eigenvalue weighted by Gasteiger charge is 2.18. The Bertz CT molecular complexity index is 894. The molecule has 0 saturated heterocycles. The summed E-state index contributed by atoms with van der Waals surface area (Å²) in [6, 6.07) is 13.3. The van der Waals surface area contributed by atoms with E-state index in [9.17, 15) is 9.59 Å². The molecular weight excluding hydrogens is 392 g/mol. The third-order valence-electron chi connectivity index (χ3n) is 4.20. The van der Waals surface area contributed by atoms with Crippen molar-refractivity contribution in [2.75, 3.05) is 5.75 Å². The molecule has 6 nitrogen and oxygen atoms in total. The van der Waals surface area contributed by atoms with Crippen molar-refractivity contribution in [3.63, 3.8) is 0 Å². The van der Waals surface area contributed by atoms with E-state index < -0.39 is 6.04 Å². The minimum absolute atomic E-state index is 0.0543. The number of nitrogens with zero attached hydrogens (tertiary/aromatic N) is 3. The lowest BCUT2D eigenvalue weighted by Gasteiger charge is -2.16. The van der Waals surface area contributed by atoms with E-state index >= 15 is 0 Å². The SMILES string of the molecule is CC(=O)C(Cc1ccccc1)NC(=O)CSc1nncn1CCc1cccs1. The van der Waals surface area contributed by atoms with Gasteiger partial charge in [-0.05, 0) is 36.8 Å². The number of benzene rings is 1. The minimum atomic E-state index is -0.521. The van der Waals surface area contributed by atoms with Crippen LogP contribution in [0.2, 0.25) is 0 Å². The predicted molar refractivity (Wildman–Crippen MR) is 112 cm³/mol. The molecule has 0 aliphatic heterocycles. The van der Waals surface area contributed by atoms with E-state index in [4.69, 9.17) is 0 Å². The number of carbonyl (C=O) groups is 2. The van der Waals surface area contributed by atoms with E-state index in [1.54, 1.807) is 17.7 Å². The van der Waals surface area contributed by atoms with Gasteiger partial charge in [0, 0.05) is 11.4 Å². The first-order chi connectivity index (χ1) is 13.6. The maximum Gasteiger partial charge on any atom is 0.231 e. The highest BCUT2D eigenvalue weighted by atomic mass is 32.2. The van der Waals surface area contributed by atoms with Crippen LogP contribution in [0.4, 0.5) is 0 Å². The van der Waals surface area contributed by atoms with E-state index in [0.717, 1.165) is 18.5 Å². The van der Waals surface area contributed by atoms with Crippen LogP contribution in [0.5, 0.6) is 0 Å². The first-order valence-corrected chi connectivity index (χ1v) is 10.8. The largest absolute Gasteiger partial charge is 0.345 e. The molecule has 1 N–H and O–H groups in total. The summed E-state index contributed by atoms with van der Waals surface area (Å²) < 4.78 is 1.95. The average Bonchev–Trinajstić information content (AvgIpc) is 3.36. The smallest absolute Gasteiger partial charge is 0.231 e. The monoisotopic (exact) mass is 414 g/mol. The van der Waals surface area contributed by atoms with Crippen LogP contribution in [0, 0.1) is 0 Å². The molecule has 0 aliphatic carbocycles. The van der Waals surface area contributed by atoms with Gasteiger partial charge in [-0.3, -0.25) is 9.59 Å². The standard InChI is InChI=1S/C20H22N4O2S2/c1-15(25)18(12-16-6-3-2-4-7-16)22-19(26)13-28-20-23-21-14-24(20)10-9-17-8-5-11-27-17/h2-8,11,14,18H,9-10,12-13H2,1H3,(H,22,26). The summed E-state index contributed by atoms with van der Waals surface area (Å²) in [6.45, 7) is 2.27. The molecule has 0 spiro atoms. The number of rotatable bonds is 10. The van der Waals surface area contributed by atoms with Crippen molar-refractivity contribution < 1.29 is 9.59 Å². The van der Waals surface area contributed by atoms with Gasteiger partial charge in [0.15, 0.2) is 10.9 Å². The minimum Gasteiger partial charge on any atom is -0.345 e. The number of nitrogens with one attached hydrogen (secondary N) is 1. The van der Waals surface area contributed by atoms with Crippen molar-refractivity contribution in [3.8, 4) is 0 Å². The second kappa shape index (κ2) is 10.2. The fourth-order valence-corrected chi connectivity index (χ4v) is 4.16. The number of aryl methyl sites for hydroxylation is 2. The third kappa shape index (κ3) is 6.03. The number of ketones is 1. The van der Waals surface area contributed by atoms with Gasteiger partial charge in [0.1, 0.15) is 6.33 Å². The van der Waals surface area contributed by atoms with Crippen LogP contribution in [-0.4, -0.2) is 38.2 Å². The van der Waals surface area contributed by atoms with E-state index in [0.29, 0.717) is 11.6 Å². The lowest BCUT2D eigenvalue weighted by atomic mass is 10.0. The van der Waals surface area contributed by atoms with Crippen LogP contribution in [0.15, 0.2) is 59.3 Å². The number of thioether (sulfide) groups is 1. The topological polar surface area (TPSA) is 76.9 Å². The van der Waals surface area contributed by atoms with Crippen LogP contribution in [0.25, 0.3) is 0 Å². The molecule has 2 aromatic heterocycles. The van der Waals surface area contributed by atoms with Crippen molar-refractivity contribution >= 4 is 34.8 Å². The van der Waals surface area contributed by atoms with Gasteiger partial charge in [0.25, 0.3) is 0 Å². The second-order valence-corrected chi connectivity index (χ2v) is 8.32. The fraction of sp³-hybridized carbons (Fsp3) is 0.300. The van der Waals surface area contributed by atoms with E-state index in [1.165, 1.54) is 23.6 Å². The molecule has 146 valence electrons. The number of aromatic nitrogens is 3. The number of thiophene rings is 1. The molecular formula is C20H22N4O2S2. The summed E-state index contributed by atoms with van der Waals surface area (Å²) in [7, 11) is 0. The van der Waals surface area contributed by atoms with Crippen molar-refractivity contribution in [2.24, 2.45) is 0 Å². The molecule has 1 unspecified atom stereocenters. The number of Topliss-reactive ketones (excluding diaryl/α,β-unsaturated/α-hetero) is 1. The van der Waals surface area contributed by atoms with Crippen molar-refractivity contribution in [3.05, 3.63) is 64.6 Å². The molecule has 28 heavy (non-hydrogen) atoms. The lowest BCUT2D eigenvalue weighted by Crippen LogP contribution is -2.42. The number of carbonyl (C=O) groups excluding carboxylic acids is 2. The molecule has 3 aromatic rings. The van der Waals surface area contributed by atoms with Crippen LogP contribution in [0.1, 0.15) is 17.4 Å². The summed E-state index contributed by atoms with van der Waals surface area (Å²) in [4.78, 5) is 25.6. The van der Waals surface area contributed by atoms with Crippen molar-refractivity contribution in [2.45, 2.75) is 37.5 Å². The molecule has 0 radical (unpaired) electrons. The van der Waals surface area contributed by atoms with Gasteiger partial charge < -0.3 is 9.88 Å². The third-order valence-corrected chi connectivity index (χ3v) is 6.12. The van der Waals surface area contributed by atoms with Crippen LogP contribution >= 0.6 is 23.1 Å². The summed E-state index contributed by atoms with van der Waals surface area (Å²) in [5.41, 5.74) is 1.02. The van der Waals surface area contributed by atoms with Gasteiger partial charge in [-0.15, -0.1) is 21.5 Å². The van der Waals surface area contributed by atoms with Gasteiger partial charge in [-0.2, -0.15) is 0 Å². The van der Waals surface area contributed by atoms with E-state index in [1.807, 2.05) is 41.0 Å². The van der Waals surface area contributed by atoms with Crippen molar-refractivity contribution in [1.82, 2.24) is 20.1 Å². The van der Waals surface area contributed by atoms with Gasteiger partial charge in [0.05, 0.1) is 11.8 Å². The summed E-state index contributed by atoms with van der Waals surface area (Å²) in [5, 5.41) is 13.7. The zero-order valence-corrected chi connectivity index (χ0v) is 17.2. The molecule has 1 amide bonds. The Morgan fingerprint density at radius 2 is 2.04 bits per heavy atom. The second-order valence-electron chi connectivity index (χ2n) is 6.35. The zero-order valence-electron chi connectivity index (χ0n) is 15.6. The Morgan fingerprint density at radius 3 is 2.75 bits per heavy atom. The first-order valence-electron chi connectivity index (χ1n) is 8.98. The Balaban J connectivity index is 1.50. The first kappa shape index (κ1) is 20.3. The Kier molecular flexibility index (Phi) is 7.39. The van der Waals surface area contributed by atoms with Crippen molar-refractivity contribution in [1.29, 1.82) is 0 Å². The van der Waals surface area contributed by atoms with Gasteiger partial charge >= 0.3 is 0 Å². The molecule has 3 rings (SSSR count). The number of hydrogen-bond donors (Lipinski definition) is 1. The van der Waals surface area contributed by atoms with Crippen LogP contribution in [0.3, 0.4) is 0 Å². The summed E-state index contributed by atoms with van der Waals surface area (Å²) in [6.07, 6.45) is 3.07. The molecule has 0 saturated carbocycles. The Labute approximate surface area is 172 Å². The highest BCUT2D eigenvalue weighted by Crippen LogP contribution is 2.17. The normalized spacial score (nSPS) is 11.9. The lowest BCUT2D eigenvalue weighted by molar-refractivity contribution is -0.125.